The van der Waals surface area contributed by atoms with Crippen molar-refractivity contribution in [3.63, 3.8) is 0 Å². The van der Waals surface area contributed by atoms with Crippen molar-refractivity contribution in [3.8, 4) is 5.75 Å². The average molecular weight is 394 g/mol. The van der Waals surface area contributed by atoms with E-state index in [4.69, 9.17) is 4.74 Å². The van der Waals surface area contributed by atoms with E-state index in [1.54, 1.807) is 24.3 Å². The van der Waals surface area contributed by atoms with Gasteiger partial charge in [0.05, 0.1) is 21.8 Å². The summed E-state index contributed by atoms with van der Waals surface area (Å²) in [6.45, 7) is 2.76. The molecule has 1 aliphatic heterocycles. The zero-order valence-electron chi connectivity index (χ0n) is 14.1. The SMILES string of the molecule is CCOc1ccc(S(=O)(=O)N2CCSC2c2ccc([N+](=O)[O-])cc2)cc1. The van der Waals surface area contributed by atoms with Crippen molar-refractivity contribution in [2.45, 2.75) is 17.2 Å². The second kappa shape index (κ2) is 7.65. The van der Waals surface area contributed by atoms with Crippen molar-refractivity contribution < 1.29 is 18.1 Å². The summed E-state index contributed by atoms with van der Waals surface area (Å²) in [5.41, 5.74) is 0.713. The predicted octanol–water partition coefficient (Wildman–Crippen LogP) is 3.43. The number of non-ortho nitro benzene ring substituents is 1. The van der Waals surface area contributed by atoms with Gasteiger partial charge in [0.2, 0.25) is 10.0 Å². The number of hydrogen-bond acceptors (Lipinski definition) is 6. The molecule has 0 bridgehead atoms. The molecular weight excluding hydrogens is 376 g/mol. The largest absolute Gasteiger partial charge is 0.494 e. The van der Waals surface area contributed by atoms with Gasteiger partial charge in [-0.2, -0.15) is 4.31 Å². The maximum absolute atomic E-state index is 13.0. The van der Waals surface area contributed by atoms with E-state index in [9.17, 15) is 18.5 Å². The van der Waals surface area contributed by atoms with E-state index < -0.39 is 20.3 Å². The smallest absolute Gasteiger partial charge is 0.269 e. The quantitative estimate of drug-likeness (QED) is 0.551. The lowest BCUT2D eigenvalue weighted by Gasteiger charge is -2.23. The van der Waals surface area contributed by atoms with Crippen LogP contribution < -0.4 is 4.74 Å². The molecule has 1 fully saturated rings. The van der Waals surface area contributed by atoms with Crippen LogP contribution in [0.2, 0.25) is 0 Å². The second-order valence-corrected chi connectivity index (χ2v) is 8.67. The highest BCUT2D eigenvalue weighted by Crippen LogP contribution is 2.41. The van der Waals surface area contributed by atoms with Gasteiger partial charge < -0.3 is 4.74 Å². The summed E-state index contributed by atoms with van der Waals surface area (Å²) in [6.07, 6.45) is 0. The average Bonchev–Trinajstić information content (AvgIpc) is 3.13. The second-order valence-electron chi connectivity index (χ2n) is 5.59. The first-order chi connectivity index (χ1) is 12.4. The number of thioether (sulfide) groups is 1. The molecule has 0 aromatic heterocycles. The fraction of sp³-hybridized carbons (Fsp3) is 0.294. The topological polar surface area (TPSA) is 89.8 Å². The highest BCUT2D eigenvalue weighted by Gasteiger charge is 2.37. The molecule has 0 aliphatic carbocycles. The standard InChI is InChI=1S/C17H18N2O5S2/c1-2-24-15-7-9-16(10-8-15)26(22,23)18-11-12-25-17(18)13-3-5-14(6-4-13)19(20)21/h3-10,17H,2,11-12H2,1H3. The zero-order valence-corrected chi connectivity index (χ0v) is 15.7. The molecule has 0 spiro atoms. The van der Waals surface area contributed by atoms with Gasteiger partial charge in [0, 0.05) is 24.4 Å². The van der Waals surface area contributed by atoms with Gasteiger partial charge in [-0.3, -0.25) is 10.1 Å². The van der Waals surface area contributed by atoms with Crippen LogP contribution in [0.1, 0.15) is 17.9 Å². The predicted molar refractivity (Wildman–Crippen MR) is 99.8 cm³/mol. The lowest BCUT2D eigenvalue weighted by atomic mass is 10.2. The van der Waals surface area contributed by atoms with Gasteiger partial charge in [-0.05, 0) is 48.9 Å². The minimum Gasteiger partial charge on any atom is -0.494 e. The third-order valence-corrected chi connectivity index (χ3v) is 7.25. The molecule has 1 atom stereocenters. The third kappa shape index (κ3) is 3.69. The number of nitrogens with zero attached hydrogens (tertiary/aromatic N) is 2. The highest BCUT2D eigenvalue weighted by molar-refractivity contribution is 8.01. The van der Waals surface area contributed by atoms with Crippen molar-refractivity contribution in [1.82, 2.24) is 4.31 Å². The minimum absolute atomic E-state index is 0.0160. The van der Waals surface area contributed by atoms with Gasteiger partial charge in [-0.25, -0.2) is 8.42 Å². The van der Waals surface area contributed by atoms with Gasteiger partial charge in [0.25, 0.3) is 5.69 Å². The van der Waals surface area contributed by atoms with E-state index in [1.807, 2.05) is 6.92 Å². The summed E-state index contributed by atoms with van der Waals surface area (Å²) in [7, 11) is -3.67. The van der Waals surface area contributed by atoms with E-state index in [2.05, 4.69) is 0 Å². The number of nitro groups is 1. The van der Waals surface area contributed by atoms with Gasteiger partial charge in [-0.15, -0.1) is 11.8 Å². The fourth-order valence-electron chi connectivity index (χ4n) is 2.73. The Morgan fingerprint density at radius 1 is 1.19 bits per heavy atom. The summed E-state index contributed by atoms with van der Waals surface area (Å²) >= 11 is 1.50. The molecule has 0 saturated carbocycles. The lowest BCUT2D eigenvalue weighted by molar-refractivity contribution is -0.384. The molecule has 3 rings (SSSR count). The maximum atomic E-state index is 13.0. The van der Waals surface area contributed by atoms with Crippen molar-refractivity contribution in [3.05, 3.63) is 64.2 Å². The highest BCUT2D eigenvalue weighted by atomic mass is 32.2. The number of rotatable bonds is 6. The number of benzene rings is 2. The summed E-state index contributed by atoms with van der Waals surface area (Å²) in [5.74, 6) is 1.28. The first-order valence-corrected chi connectivity index (χ1v) is 10.5. The van der Waals surface area contributed by atoms with Crippen LogP contribution in [0.15, 0.2) is 53.4 Å². The number of hydrogen-bond donors (Lipinski definition) is 0. The van der Waals surface area contributed by atoms with Crippen LogP contribution in [-0.2, 0) is 10.0 Å². The Hall–Kier alpha value is -2.10. The fourth-order valence-corrected chi connectivity index (χ4v) is 5.97. The molecule has 9 heteroatoms. The van der Waals surface area contributed by atoms with E-state index >= 15 is 0 Å². The minimum atomic E-state index is -3.67. The molecule has 7 nitrogen and oxygen atoms in total. The van der Waals surface area contributed by atoms with Crippen LogP contribution in [0.25, 0.3) is 0 Å². The molecule has 1 unspecified atom stereocenters. The number of nitro benzene ring substituents is 1. The third-order valence-electron chi connectivity index (χ3n) is 3.98. The van der Waals surface area contributed by atoms with Crippen LogP contribution in [-0.4, -0.2) is 36.6 Å². The maximum Gasteiger partial charge on any atom is 0.269 e. The Kier molecular flexibility index (Phi) is 5.49. The molecule has 1 aliphatic rings. The molecular formula is C17H18N2O5S2. The Morgan fingerprint density at radius 3 is 2.42 bits per heavy atom. The van der Waals surface area contributed by atoms with E-state index in [1.165, 1.54) is 40.3 Å². The van der Waals surface area contributed by atoms with Gasteiger partial charge in [0.15, 0.2) is 0 Å². The van der Waals surface area contributed by atoms with Crippen LogP contribution in [0.5, 0.6) is 5.75 Å². The normalized spacial score (nSPS) is 18.0. The van der Waals surface area contributed by atoms with Crippen molar-refractivity contribution in [2.24, 2.45) is 0 Å². The van der Waals surface area contributed by atoms with Crippen LogP contribution >= 0.6 is 11.8 Å². The van der Waals surface area contributed by atoms with Crippen molar-refractivity contribution in [1.29, 1.82) is 0 Å². The molecule has 26 heavy (non-hydrogen) atoms. The number of ether oxygens (including phenoxy) is 1. The van der Waals surface area contributed by atoms with Crippen molar-refractivity contribution in [2.75, 3.05) is 18.9 Å². The molecule has 2 aromatic rings. The lowest BCUT2D eigenvalue weighted by Crippen LogP contribution is -2.30. The van der Waals surface area contributed by atoms with Crippen LogP contribution in [0.3, 0.4) is 0 Å². The molecule has 0 amide bonds. The zero-order chi connectivity index (χ0) is 18.7. The Labute approximate surface area is 156 Å². The summed E-state index contributed by atoms with van der Waals surface area (Å²) in [4.78, 5) is 10.5. The molecule has 1 saturated heterocycles. The molecule has 0 radical (unpaired) electrons. The van der Waals surface area contributed by atoms with Crippen LogP contribution in [0.4, 0.5) is 5.69 Å². The number of sulfonamides is 1. The molecule has 0 N–H and O–H groups in total. The first kappa shape index (κ1) is 18.7. The van der Waals surface area contributed by atoms with Gasteiger partial charge in [-0.1, -0.05) is 0 Å². The van der Waals surface area contributed by atoms with E-state index in [0.29, 0.717) is 24.7 Å². The molecule has 2 aromatic carbocycles. The first-order valence-electron chi connectivity index (χ1n) is 8.04. The Balaban J connectivity index is 1.87. The molecule has 1 heterocycles. The van der Waals surface area contributed by atoms with E-state index in [-0.39, 0.29) is 10.6 Å². The Bertz CT molecular complexity index is 882. The van der Waals surface area contributed by atoms with Gasteiger partial charge in [0.1, 0.15) is 5.75 Å². The monoisotopic (exact) mass is 394 g/mol. The van der Waals surface area contributed by atoms with Crippen LogP contribution in [0, 0.1) is 10.1 Å². The summed E-state index contributed by atoms with van der Waals surface area (Å²) in [5, 5.41) is 10.4. The van der Waals surface area contributed by atoms with Crippen molar-refractivity contribution >= 4 is 27.5 Å². The Morgan fingerprint density at radius 2 is 1.85 bits per heavy atom. The van der Waals surface area contributed by atoms with Gasteiger partial charge >= 0.3 is 0 Å². The van der Waals surface area contributed by atoms with E-state index in [0.717, 1.165) is 5.56 Å². The molecule has 138 valence electrons. The summed E-state index contributed by atoms with van der Waals surface area (Å²) < 4.78 is 32.8. The summed E-state index contributed by atoms with van der Waals surface area (Å²) in [6, 6.07) is 12.4.